The van der Waals surface area contributed by atoms with E-state index >= 15 is 0 Å². The second-order valence-corrected chi connectivity index (χ2v) is 2.79. The molecule has 1 aromatic carbocycles. The Labute approximate surface area is 98.0 Å². The first-order valence-corrected chi connectivity index (χ1v) is 5.83. The SMILES string of the molecule is CC.CC.Cc1nc2ccccc2cc1O. The highest BCUT2D eigenvalue weighted by molar-refractivity contribution is 5.80. The van der Waals surface area contributed by atoms with Gasteiger partial charge in [0, 0.05) is 5.39 Å². The average molecular weight is 219 g/mol. The molecule has 0 fully saturated rings. The summed E-state index contributed by atoms with van der Waals surface area (Å²) >= 11 is 0. The van der Waals surface area contributed by atoms with Gasteiger partial charge in [-0.1, -0.05) is 45.9 Å². The van der Waals surface area contributed by atoms with Crippen molar-refractivity contribution in [3.63, 3.8) is 0 Å². The van der Waals surface area contributed by atoms with Crippen LogP contribution in [-0.2, 0) is 0 Å². The smallest absolute Gasteiger partial charge is 0.137 e. The van der Waals surface area contributed by atoms with Crippen molar-refractivity contribution in [2.75, 3.05) is 0 Å². The number of fused-ring (bicyclic) bond motifs is 1. The number of aromatic nitrogens is 1. The number of aromatic hydroxyl groups is 1. The predicted octanol–water partition coefficient (Wildman–Crippen LogP) is 4.30. The van der Waals surface area contributed by atoms with E-state index in [1.807, 2.05) is 52.0 Å². The second-order valence-electron chi connectivity index (χ2n) is 2.79. The molecule has 1 heterocycles. The van der Waals surface area contributed by atoms with Crippen LogP contribution in [0.5, 0.6) is 5.75 Å². The maximum atomic E-state index is 9.35. The zero-order valence-electron chi connectivity index (χ0n) is 10.8. The van der Waals surface area contributed by atoms with E-state index in [0.29, 0.717) is 5.69 Å². The first kappa shape index (κ1) is 14.4. The van der Waals surface area contributed by atoms with Gasteiger partial charge in [0.15, 0.2) is 0 Å². The zero-order chi connectivity index (χ0) is 12.6. The van der Waals surface area contributed by atoms with Gasteiger partial charge in [-0.05, 0) is 19.1 Å². The molecule has 0 aliphatic rings. The van der Waals surface area contributed by atoms with E-state index in [9.17, 15) is 5.11 Å². The van der Waals surface area contributed by atoms with Crippen LogP contribution in [0.2, 0.25) is 0 Å². The standard InChI is InChI=1S/C10H9NO.2C2H6/c1-7-10(12)6-8-4-2-3-5-9(8)11-7;2*1-2/h2-6,12H,1H3;2*1-2H3. The molecule has 0 bridgehead atoms. The van der Waals surface area contributed by atoms with Crippen molar-refractivity contribution < 1.29 is 5.11 Å². The number of hydrogen-bond acceptors (Lipinski definition) is 2. The van der Waals surface area contributed by atoms with Gasteiger partial charge in [-0.2, -0.15) is 0 Å². The van der Waals surface area contributed by atoms with E-state index in [1.54, 1.807) is 13.0 Å². The van der Waals surface area contributed by atoms with Gasteiger partial charge in [0.1, 0.15) is 5.75 Å². The van der Waals surface area contributed by atoms with Crippen molar-refractivity contribution in [2.45, 2.75) is 34.6 Å². The van der Waals surface area contributed by atoms with Gasteiger partial charge in [0.25, 0.3) is 0 Å². The molecule has 88 valence electrons. The van der Waals surface area contributed by atoms with Crippen LogP contribution < -0.4 is 0 Å². The summed E-state index contributed by atoms with van der Waals surface area (Å²) in [4.78, 5) is 4.23. The first-order chi connectivity index (χ1) is 7.77. The summed E-state index contributed by atoms with van der Waals surface area (Å²) in [5, 5.41) is 10.3. The van der Waals surface area contributed by atoms with Gasteiger partial charge in [-0.3, -0.25) is 0 Å². The third-order valence-corrected chi connectivity index (χ3v) is 1.89. The lowest BCUT2D eigenvalue weighted by molar-refractivity contribution is 0.469. The van der Waals surface area contributed by atoms with Crippen LogP contribution >= 0.6 is 0 Å². The molecule has 0 radical (unpaired) electrons. The predicted molar refractivity (Wildman–Crippen MR) is 70.8 cm³/mol. The number of rotatable bonds is 0. The fourth-order valence-corrected chi connectivity index (χ4v) is 1.20. The molecule has 2 aromatic rings. The number of pyridine rings is 1. The molecule has 0 atom stereocenters. The number of aryl methyl sites for hydroxylation is 1. The van der Waals surface area contributed by atoms with Crippen LogP contribution in [-0.4, -0.2) is 10.1 Å². The lowest BCUT2D eigenvalue weighted by atomic mass is 10.2. The lowest BCUT2D eigenvalue weighted by Gasteiger charge is -2.00. The van der Waals surface area contributed by atoms with Crippen LogP contribution in [0, 0.1) is 6.92 Å². The zero-order valence-corrected chi connectivity index (χ0v) is 10.8. The highest BCUT2D eigenvalue weighted by Crippen LogP contribution is 2.20. The summed E-state index contributed by atoms with van der Waals surface area (Å²) in [6.45, 7) is 9.79. The summed E-state index contributed by atoms with van der Waals surface area (Å²) in [5.41, 5.74) is 1.60. The summed E-state index contributed by atoms with van der Waals surface area (Å²) in [6, 6.07) is 9.46. The Morgan fingerprint density at radius 2 is 1.56 bits per heavy atom. The molecule has 0 spiro atoms. The highest BCUT2D eigenvalue weighted by Gasteiger charge is 1.99. The van der Waals surface area contributed by atoms with E-state index in [-0.39, 0.29) is 5.75 Å². The summed E-state index contributed by atoms with van der Waals surface area (Å²) in [5.74, 6) is 0.258. The Morgan fingerprint density at radius 1 is 1.00 bits per heavy atom. The second kappa shape index (κ2) is 7.69. The van der Waals surface area contributed by atoms with Gasteiger partial charge >= 0.3 is 0 Å². The van der Waals surface area contributed by atoms with Crippen molar-refractivity contribution in [1.29, 1.82) is 0 Å². The Balaban J connectivity index is 0.000000509. The molecule has 1 N–H and O–H groups in total. The number of para-hydroxylation sites is 1. The summed E-state index contributed by atoms with van der Waals surface area (Å²) in [6.07, 6.45) is 0. The fourth-order valence-electron chi connectivity index (χ4n) is 1.20. The van der Waals surface area contributed by atoms with Gasteiger partial charge in [-0.15, -0.1) is 0 Å². The normalized spacial score (nSPS) is 8.56. The largest absolute Gasteiger partial charge is 0.506 e. The Kier molecular flexibility index (Phi) is 6.93. The number of benzene rings is 1. The maximum Gasteiger partial charge on any atom is 0.137 e. The van der Waals surface area contributed by atoms with Crippen molar-refractivity contribution in [2.24, 2.45) is 0 Å². The third kappa shape index (κ3) is 3.54. The Hall–Kier alpha value is -1.57. The quantitative estimate of drug-likeness (QED) is 0.716. The van der Waals surface area contributed by atoms with E-state index < -0.39 is 0 Å². The van der Waals surface area contributed by atoms with Crippen molar-refractivity contribution in [1.82, 2.24) is 4.98 Å². The monoisotopic (exact) mass is 219 g/mol. The molecule has 0 saturated carbocycles. The van der Waals surface area contributed by atoms with Crippen molar-refractivity contribution in [3.05, 3.63) is 36.0 Å². The molecular weight excluding hydrogens is 198 g/mol. The van der Waals surface area contributed by atoms with Crippen LogP contribution in [0.25, 0.3) is 10.9 Å². The van der Waals surface area contributed by atoms with Gasteiger partial charge in [0.05, 0.1) is 11.2 Å². The molecule has 2 rings (SSSR count). The molecule has 0 amide bonds. The summed E-state index contributed by atoms with van der Waals surface area (Å²) in [7, 11) is 0. The van der Waals surface area contributed by atoms with Crippen LogP contribution in [0.3, 0.4) is 0 Å². The molecule has 2 heteroatoms. The van der Waals surface area contributed by atoms with E-state index in [4.69, 9.17) is 0 Å². The molecule has 0 saturated heterocycles. The fraction of sp³-hybridized carbons (Fsp3) is 0.357. The van der Waals surface area contributed by atoms with Gasteiger partial charge in [-0.25, -0.2) is 4.98 Å². The van der Waals surface area contributed by atoms with E-state index in [0.717, 1.165) is 10.9 Å². The Bertz CT molecular complexity index is 384. The van der Waals surface area contributed by atoms with Gasteiger partial charge < -0.3 is 5.11 Å². The first-order valence-electron chi connectivity index (χ1n) is 5.83. The molecular formula is C14H21NO. The van der Waals surface area contributed by atoms with Crippen LogP contribution in [0.4, 0.5) is 0 Å². The van der Waals surface area contributed by atoms with E-state index in [1.165, 1.54) is 0 Å². The topological polar surface area (TPSA) is 33.1 Å². The minimum absolute atomic E-state index is 0.258. The van der Waals surface area contributed by atoms with Gasteiger partial charge in [0.2, 0.25) is 0 Å². The number of hydrogen-bond donors (Lipinski definition) is 1. The molecule has 0 aliphatic heterocycles. The maximum absolute atomic E-state index is 9.35. The highest BCUT2D eigenvalue weighted by atomic mass is 16.3. The average Bonchev–Trinajstić information content (AvgIpc) is 2.36. The van der Waals surface area contributed by atoms with E-state index in [2.05, 4.69) is 4.98 Å². The summed E-state index contributed by atoms with van der Waals surface area (Å²) < 4.78 is 0. The molecule has 0 aliphatic carbocycles. The van der Waals surface area contributed by atoms with Crippen molar-refractivity contribution >= 4 is 10.9 Å². The lowest BCUT2D eigenvalue weighted by Crippen LogP contribution is -1.83. The molecule has 16 heavy (non-hydrogen) atoms. The van der Waals surface area contributed by atoms with Crippen molar-refractivity contribution in [3.8, 4) is 5.75 Å². The van der Waals surface area contributed by atoms with Crippen LogP contribution in [0.15, 0.2) is 30.3 Å². The van der Waals surface area contributed by atoms with Crippen LogP contribution in [0.1, 0.15) is 33.4 Å². The minimum atomic E-state index is 0.258. The molecule has 2 nitrogen and oxygen atoms in total. The molecule has 0 unspecified atom stereocenters. The third-order valence-electron chi connectivity index (χ3n) is 1.89. The number of nitrogens with zero attached hydrogens (tertiary/aromatic N) is 1. The Morgan fingerprint density at radius 3 is 2.19 bits per heavy atom. The minimum Gasteiger partial charge on any atom is -0.506 e. The molecule has 1 aromatic heterocycles.